The zero-order valence-electron chi connectivity index (χ0n) is 12.4. The summed E-state index contributed by atoms with van der Waals surface area (Å²) in [5.41, 5.74) is 0.489. The lowest BCUT2D eigenvalue weighted by Gasteiger charge is -2.34. The number of nitrogens with one attached hydrogen (secondary N) is 1. The topological polar surface area (TPSA) is 72.9 Å². The van der Waals surface area contributed by atoms with Crippen molar-refractivity contribution in [1.82, 2.24) is 9.80 Å². The van der Waals surface area contributed by atoms with E-state index in [1.165, 1.54) is 17.0 Å². The highest BCUT2D eigenvalue weighted by Gasteiger charge is 2.27. The molecule has 2 rings (SSSR count). The Morgan fingerprint density at radius 2 is 1.81 bits per heavy atom. The monoisotopic (exact) mass is 291 g/mol. The number of hydrogen-bond donors (Lipinski definition) is 2. The maximum Gasteiger partial charge on any atom is 0.313 e. The SMILES string of the molecule is CN1CCC(N(C)C(=O)C(=O)Nc2ccc(O)cc2)CC1. The second kappa shape index (κ2) is 6.58. The maximum absolute atomic E-state index is 12.1. The van der Waals surface area contributed by atoms with Crippen LogP contribution in [0.15, 0.2) is 24.3 Å². The summed E-state index contributed by atoms with van der Waals surface area (Å²) in [5.74, 6) is -1.07. The van der Waals surface area contributed by atoms with Crippen LogP contribution in [0.1, 0.15) is 12.8 Å². The number of anilines is 1. The molecule has 0 unspecified atom stereocenters. The van der Waals surface area contributed by atoms with Crippen LogP contribution in [0.4, 0.5) is 5.69 Å². The van der Waals surface area contributed by atoms with Crippen molar-refractivity contribution in [3.05, 3.63) is 24.3 Å². The average Bonchev–Trinajstić information content (AvgIpc) is 2.49. The summed E-state index contributed by atoms with van der Waals surface area (Å²) in [6.45, 7) is 1.86. The molecule has 6 heteroatoms. The van der Waals surface area contributed by atoms with Gasteiger partial charge in [-0.2, -0.15) is 0 Å². The minimum atomic E-state index is -0.651. The molecule has 0 aromatic heterocycles. The molecule has 0 saturated carbocycles. The number of carbonyl (C=O) groups is 2. The number of aromatic hydroxyl groups is 1. The van der Waals surface area contributed by atoms with Crippen LogP contribution >= 0.6 is 0 Å². The van der Waals surface area contributed by atoms with Gasteiger partial charge in [-0.1, -0.05) is 0 Å². The maximum atomic E-state index is 12.1. The summed E-state index contributed by atoms with van der Waals surface area (Å²) in [5, 5.41) is 11.7. The number of amides is 2. The van der Waals surface area contributed by atoms with Crippen LogP contribution in [-0.4, -0.2) is 59.9 Å². The highest BCUT2D eigenvalue weighted by atomic mass is 16.3. The number of piperidine rings is 1. The number of nitrogens with zero attached hydrogens (tertiary/aromatic N) is 2. The Labute approximate surface area is 124 Å². The van der Waals surface area contributed by atoms with E-state index in [0.717, 1.165) is 25.9 Å². The summed E-state index contributed by atoms with van der Waals surface area (Å²) >= 11 is 0. The fourth-order valence-corrected chi connectivity index (χ4v) is 2.44. The van der Waals surface area contributed by atoms with Crippen molar-refractivity contribution in [3.8, 4) is 5.75 Å². The zero-order valence-corrected chi connectivity index (χ0v) is 12.4. The van der Waals surface area contributed by atoms with Crippen molar-refractivity contribution in [2.75, 3.05) is 32.5 Å². The Morgan fingerprint density at radius 3 is 2.38 bits per heavy atom. The number of hydrogen-bond acceptors (Lipinski definition) is 4. The smallest absolute Gasteiger partial charge is 0.313 e. The van der Waals surface area contributed by atoms with Crippen LogP contribution in [0.3, 0.4) is 0 Å². The zero-order chi connectivity index (χ0) is 15.4. The number of likely N-dealkylation sites (N-methyl/N-ethyl adjacent to an activating group) is 1. The summed E-state index contributed by atoms with van der Waals surface area (Å²) < 4.78 is 0. The van der Waals surface area contributed by atoms with E-state index in [1.807, 2.05) is 0 Å². The standard InChI is InChI=1S/C15H21N3O3/c1-17-9-7-12(8-10-17)18(2)15(21)14(20)16-11-3-5-13(19)6-4-11/h3-6,12,19H,7-10H2,1-2H3,(H,16,20). The van der Waals surface area contributed by atoms with Gasteiger partial charge in [-0.3, -0.25) is 9.59 Å². The van der Waals surface area contributed by atoms with Gasteiger partial charge in [0.1, 0.15) is 5.75 Å². The fraction of sp³-hybridized carbons (Fsp3) is 0.467. The Hall–Kier alpha value is -2.08. The molecule has 1 fully saturated rings. The Kier molecular flexibility index (Phi) is 4.80. The van der Waals surface area contributed by atoms with Gasteiger partial charge in [-0.25, -0.2) is 0 Å². The van der Waals surface area contributed by atoms with Crippen molar-refractivity contribution >= 4 is 17.5 Å². The average molecular weight is 291 g/mol. The lowest BCUT2D eigenvalue weighted by molar-refractivity contribution is -0.144. The van der Waals surface area contributed by atoms with Crippen LogP contribution in [-0.2, 0) is 9.59 Å². The lowest BCUT2D eigenvalue weighted by Crippen LogP contribution is -2.47. The van der Waals surface area contributed by atoms with E-state index in [-0.39, 0.29) is 11.8 Å². The Balaban J connectivity index is 1.92. The van der Waals surface area contributed by atoms with Gasteiger partial charge in [0.25, 0.3) is 0 Å². The largest absolute Gasteiger partial charge is 0.508 e. The van der Waals surface area contributed by atoms with Gasteiger partial charge < -0.3 is 20.2 Å². The summed E-state index contributed by atoms with van der Waals surface area (Å²) in [6, 6.07) is 6.13. The first-order chi connectivity index (χ1) is 9.97. The van der Waals surface area contributed by atoms with Gasteiger partial charge in [-0.15, -0.1) is 0 Å². The number of carbonyl (C=O) groups excluding carboxylic acids is 2. The quantitative estimate of drug-likeness (QED) is 0.627. The molecule has 2 N–H and O–H groups in total. The minimum absolute atomic E-state index is 0.110. The molecule has 0 atom stereocenters. The van der Waals surface area contributed by atoms with E-state index >= 15 is 0 Å². The Bertz CT molecular complexity index is 507. The molecule has 114 valence electrons. The molecule has 0 spiro atoms. The summed E-state index contributed by atoms with van der Waals surface area (Å²) in [7, 11) is 3.73. The minimum Gasteiger partial charge on any atom is -0.508 e. The molecule has 1 aliphatic rings. The molecule has 1 aromatic carbocycles. The van der Waals surface area contributed by atoms with Crippen molar-refractivity contribution in [1.29, 1.82) is 0 Å². The lowest BCUT2D eigenvalue weighted by atomic mass is 10.0. The summed E-state index contributed by atoms with van der Waals surface area (Å²) in [4.78, 5) is 27.9. The van der Waals surface area contributed by atoms with E-state index in [0.29, 0.717) is 5.69 Å². The molecule has 21 heavy (non-hydrogen) atoms. The normalized spacial score (nSPS) is 16.5. The first-order valence-corrected chi connectivity index (χ1v) is 7.03. The van der Waals surface area contributed by atoms with Gasteiger partial charge >= 0.3 is 11.8 Å². The van der Waals surface area contributed by atoms with Gasteiger partial charge in [0.15, 0.2) is 0 Å². The first kappa shape index (κ1) is 15.3. The van der Waals surface area contributed by atoms with Crippen molar-refractivity contribution < 1.29 is 14.7 Å². The summed E-state index contributed by atoms with van der Waals surface area (Å²) in [6.07, 6.45) is 1.76. The molecule has 1 saturated heterocycles. The Morgan fingerprint density at radius 1 is 1.24 bits per heavy atom. The highest BCUT2D eigenvalue weighted by molar-refractivity contribution is 6.39. The van der Waals surface area contributed by atoms with Gasteiger partial charge in [0.2, 0.25) is 0 Å². The highest BCUT2D eigenvalue weighted by Crippen LogP contribution is 2.16. The van der Waals surface area contributed by atoms with Crippen molar-refractivity contribution in [3.63, 3.8) is 0 Å². The third-order valence-corrected chi connectivity index (χ3v) is 3.88. The second-order valence-electron chi connectivity index (χ2n) is 5.45. The van der Waals surface area contributed by atoms with Crippen LogP contribution in [0, 0.1) is 0 Å². The third kappa shape index (κ3) is 3.95. The van der Waals surface area contributed by atoms with Gasteiger partial charge in [0.05, 0.1) is 0 Å². The van der Waals surface area contributed by atoms with Crippen LogP contribution < -0.4 is 5.32 Å². The second-order valence-corrected chi connectivity index (χ2v) is 5.45. The molecule has 2 amide bonds. The van der Waals surface area contributed by atoms with Gasteiger partial charge in [0, 0.05) is 18.8 Å². The molecule has 0 bridgehead atoms. The molecular weight excluding hydrogens is 270 g/mol. The van der Waals surface area contributed by atoms with E-state index in [4.69, 9.17) is 0 Å². The number of benzene rings is 1. The van der Waals surface area contributed by atoms with Crippen LogP contribution in [0.25, 0.3) is 0 Å². The number of phenols is 1. The van der Waals surface area contributed by atoms with E-state index in [9.17, 15) is 14.7 Å². The van der Waals surface area contributed by atoms with E-state index in [1.54, 1.807) is 19.2 Å². The van der Waals surface area contributed by atoms with E-state index in [2.05, 4.69) is 17.3 Å². The van der Waals surface area contributed by atoms with Gasteiger partial charge in [-0.05, 0) is 57.2 Å². The molecule has 0 radical (unpaired) electrons. The molecule has 1 heterocycles. The number of phenolic OH excluding ortho intramolecular Hbond substituents is 1. The van der Waals surface area contributed by atoms with E-state index < -0.39 is 11.8 Å². The van der Waals surface area contributed by atoms with Crippen molar-refractivity contribution in [2.45, 2.75) is 18.9 Å². The van der Waals surface area contributed by atoms with Crippen LogP contribution in [0.2, 0.25) is 0 Å². The molecule has 0 aliphatic carbocycles. The predicted molar refractivity (Wildman–Crippen MR) is 80.0 cm³/mol. The van der Waals surface area contributed by atoms with Crippen molar-refractivity contribution in [2.24, 2.45) is 0 Å². The molecular formula is C15H21N3O3. The first-order valence-electron chi connectivity index (χ1n) is 7.03. The molecule has 1 aromatic rings. The number of rotatable bonds is 2. The molecule has 1 aliphatic heterocycles. The number of likely N-dealkylation sites (tertiary alicyclic amines) is 1. The third-order valence-electron chi connectivity index (χ3n) is 3.88. The predicted octanol–water partition coefficient (Wildman–Crippen LogP) is 0.883. The molecule has 6 nitrogen and oxygen atoms in total. The fourth-order valence-electron chi connectivity index (χ4n) is 2.44. The van der Waals surface area contributed by atoms with Crippen LogP contribution in [0.5, 0.6) is 5.75 Å².